The van der Waals surface area contributed by atoms with Crippen LogP contribution in [0, 0.1) is 6.92 Å². The van der Waals surface area contributed by atoms with Gasteiger partial charge in [0.2, 0.25) is 0 Å². The van der Waals surface area contributed by atoms with E-state index in [2.05, 4.69) is 0 Å². The summed E-state index contributed by atoms with van der Waals surface area (Å²) in [5, 5.41) is 20.6. The molecule has 0 radical (unpaired) electrons. The molecule has 0 saturated carbocycles. The molecule has 0 aliphatic heterocycles. The second-order valence-electron chi connectivity index (χ2n) is 4.20. The number of aryl methyl sites for hydroxylation is 1. The van der Waals surface area contributed by atoms with Crippen LogP contribution in [0.3, 0.4) is 0 Å². The minimum absolute atomic E-state index is 0.491. The van der Waals surface area contributed by atoms with Crippen molar-refractivity contribution in [1.29, 1.82) is 0 Å². The fraction of sp³-hybridized carbons (Fsp3) is 0.200. The van der Waals surface area contributed by atoms with Gasteiger partial charge >= 0.3 is 7.12 Å². The molecule has 3 nitrogen and oxygen atoms in total. The van der Waals surface area contributed by atoms with E-state index in [0.717, 1.165) is 21.9 Å². The topological polar surface area (TPSA) is 53.6 Å². The minimum Gasteiger partial charge on any atom is -0.456 e. The number of hydrogen-bond acceptors (Lipinski definition) is 3. The first-order chi connectivity index (χ1) is 9.16. The van der Waals surface area contributed by atoms with Gasteiger partial charge in [0.15, 0.2) is 0 Å². The molecule has 0 atom stereocenters. The van der Waals surface area contributed by atoms with Crippen molar-refractivity contribution in [2.24, 2.45) is 0 Å². The van der Waals surface area contributed by atoms with Crippen LogP contribution in [0.25, 0.3) is 21.9 Å². The van der Waals surface area contributed by atoms with Crippen LogP contribution < -0.4 is 5.46 Å². The zero-order valence-electron chi connectivity index (χ0n) is 11.3. The molecule has 0 aliphatic carbocycles. The normalized spacial score (nSPS) is 10.4. The van der Waals surface area contributed by atoms with Gasteiger partial charge in [0, 0.05) is 10.8 Å². The van der Waals surface area contributed by atoms with Crippen molar-refractivity contribution in [2.75, 3.05) is 0 Å². The molecule has 1 heterocycles. The lowest BCUT2D eigenvalue weighted by Crippen LogP contribution is -2.30. The third-order valence-corrected chi connectivity index (χ3v) is 2.93. The first-order valence-electron chi connectivity index (χ1n) is 6.45. The first kappa shape index (κ1) is 13.7. The number of para-hydroxylation sites is 1. The van der Waals surface area contributed by atoms with Crippen LogP contribution in [0.1, 0.15) is 19.4 Å². The molecular formula is C15H17BO3. The highest BCUT2D eigenvalue weighted by Crippen LogP contribution is 2.27. The lowest BCUT2D eigenvalue weighted by atomic mass is 9.77. The van der Waals surface area contributed by atoms with Crippen LogP contribution in [-0.4, -0.2) is 17.2 Å². The summed E-state index contributed by atoms with van der Waals surface area (Å²) in [6.07, 6.45) is 0. The third kappa shape index (κ3) is 2.37. The van der Waals surface area contributed by atoms with Crippen LogP contribution in [-0.2, 0) is 0 Å². The van der Waals surface area contributed by atoms with Crippen LogP contribution >= 0.6 is 0 Å². The van der Waals surface area contributed by atoms with Crippen LogP contribution in [0.4, 0.5) is 0 Å². The molecule has 4 heteroatoms. The number of benzene rings is 2. The second-order valence-corrected chi connectivity index (χ2v) is 4.20. The van der Waals surface area contributed by atoms with E-state index in [9.17, 15) is 10.0 Å². The Morgan fingerprint density at radius 1 is 1.00 bits per heavy atom. The van der Waals surface area contributed by atoms with Crippen LogP contribution in [0.5, 0.6) is 0 Å². The molecule has 2 N–H and O–H groups in total. The quantitative estimate of drug-likeness (QED) is 0.658. The molecule has 19 heavy (non-hydrogen) atoms. The molecule has 0 saturated heterocycles. The SMILES string of the molecule is CC.Cc1cc(B(O)O)c2c(c1)oc1ccccc12. The smallest absolute Gasteiger partial charge is 0.456 e. The minimum atomic E-state index is -1.49. The van der Waals surface area contributed by atoms with Crippen LogP contribution in [0.2, 0.25) is 0 Å². The van der Waals surface area contributed by atoms with E-state index < -0.39 is 7.12 Å². The van der Waals surface area contributed by atoms with Crippen molar-refractivity contribution >= 4 is 34.5 Å². The second kappa shape index (κ2) is 5.47. The van der Waals surface area contributed by atoms with E-state index >= 15 is 0 Å². The highest BCUT2D eigenvalue weighted by molar-refractivity contribution is 6.62. The Morgan fingerprint density at radius 2 is 1.68 bits per heavy atom. The fourth-order valence-corrected chi connectivity index (χ4v) is 2.23. The molecule has 3 aromatic rings. The molecule has 0 bridgehead atoms. The summed E-state index contributed by atoms with van der Waals surface area (Å²) in [4.78, 5) is 0. The molecule has 2 aromatic carbocycles. The number of hydrogen-bond donors (Lipinski definition) is 2. The van der Waals surface area contributed by atoms with Gasteiger partial charge < -0.3 is 14.5 Å². The molecule has 3 rings (SSSR count). The van der Waals surface area contributed by atoms with Gasteiger partial charge in [-0.2, -0.15) is 0 Å². The van der Waals surface area contributed by atoms with Crippen molar-refractivity contribution in [3.05, 3.63) is 42.0 Å². The number of rotatable bonds is 1. The van der Waals surface area contributed by atoms with Gasteiger partial charge in [-0.15, -0.1) is 0 Å². The Kier molecular flexibility index (Phi) is 3.93. The summed E-state index contributed by atoms with van der Waals surface area (Å²) < 4.78 is 5.70. The molecular weight excluding hydrogens is 239 g/mol. The summed E-state index contributed by atoms with van der Waals surface area (Å²) in [6.45, 7) is 5.90. The maximum atomic E-state index is 9.44. The van der Waals surface area contributed by atoms with Crippen molar-refractivity contribution in [2.45, 2.75) is 20.8 Å². The fourth-order valence-electron chi connectivity index (χ4n) is 2.23. The van der Waals surface area contributed by atoms with Crippen molar-refractivity contribution < 1.29 is 14.5 Å². The van der Waals surface area contributed by atoms with E-state index in [4.69, 9.17) is 4.42 Å². The predicted molar refractivity (Wildman–Crippen MR) is 79.6 cm³/mol. The summed E-state index contributed by atoms with van der Waals surface area (Å²) >= 11 is 0. The molecule has 98 valence electrons. The van der Waals surface area contributed by atoms with E-state index in [1.54, 1.807) is 6.07 Å². The maximum Gasteiger partial charge on any atom is 0.489 e. The number of furan rings is 1. The molecule has 0 spiro atoms. The maximum absolute atomic E-state index is 9.44. The monoisotopic (exact) mass is 256 g/mol. The van der Waals surface area contributed by atoms with Crippen molar-refractivity contribution in [3.63, 3.8) is 0 Å². The van der Waals surface area contributed by atoms with E-state index in [1.807, 2.05) is 51.1 Å². The zero-order valence-corrected chi connectivity index (χ0v) is 11.3. The summed E-state index contributed by atoms with van der Waals surface area (Å²) in [5.41, 5.74) is 2.88. The Morgan fingerprint density at radius 3 is 2.37 bits per heavy atom. The van der Waals surface area contributed by atoms with Gasteiger partial charge in [0.25, 0.3) is 0 Å². The Hall–Kier alpha value is -1.78. The van der Waals surface area contributed by atoms with Gasteiger partial charge in [-0.1, -0.05) is 38.1 Å². The van der Waals surface area contributed by atoms with Gasteiger partial charge in [0.05, 0.1) is 0 Å². The lowest BCUT2D eigenvalue weighted by molar-refractivity contribution is 0.426. The average molecular weight is 256 g/mol. The van der Waals surface area contributed by atoms with Gasteiger partial charge in [-0.3, -0.25) is 0 Å². The Labute approximate surface area is 112 Å². The molecule has 0 aliphatic rings. The first-order valence-corrected chi connectivity index (χ1v) is 6.45. The highest BCUT2D eigenvalue weighted by Gasteiger charge is 2.19. The largest absolute Gasteiger partial charge is 0.489 e. The molecule has 1 aromatic heterocycles. The third-order valence-electron chi connectivity index (χ3n) is 2.93. The number of fused-ring (bicyclic) bond motifs is 3. The van der Waals surface area contributed by atoms with Gasteiger partial charge in [-0.05, 0) is 30.1 Å². The Bertz CT molecular complexity index is 701. The predicted octanol–water partition coefficient (Wildman–Crippen LogP) is 2.60. The average Bonchev–Trinajstić information content (AvgIpc) is 2.77. The van der Waals surface area contributed by atoms with E-state index in [1.165, 1.54) is 0 Å². The summed E-state index contributed by atoms with van der Waals surface area (Å²) in [7, 11) is -1.49. The molecule has 0 fully saturated rings. The summed E-state index contributed by atoms with van der Waals surface area (Å²) in [5.74, 6) is 0. The molecule has 0 unspecified atom stereocenters. The molecule has 0 amide bonds. The van der Waals surface area contributed by atoms with Crippen molar-refractivity contribution in [1.82, 2.24) is 0 Å². The lowest BCUT2D eigenvalue weighted by Gasteiger charge is -2.03. The van der Waals surface area contributed by atoms with Crippen LogP contribution in [0.15, 0.2) is 40.8 Å². The summed E-state index contributed by atoms with van der Waals surface area (Å²) in [6, 6.07) is 11.3. The van der Waals surface area contributed by atoms with Gasteiger partial charge in [0.1, 0.15) is 11.2 Å². The Balaban J connectivity index is 0.000000637. The van der Waals surface area contributed by atoms with Gasteiger partial charge in [-0.25, -0.2) is 0 Å². The van der Waals surface area contributed by atoms with E-state index in [-0.39, 0.29) is 0 Å². The van der Waals surface area contributed by atoms with E-state index in [0.29, 0.717) is 11.0 Å². The zero-order chi connectivity index (χ0) is 14.0. The highest BCUT2D eigenvalue weighted by atomic mass is 16.4. The standard InChI is InChI=1S/C13H11BO3.C2H6/c1-8-6-10(14(15)16)13-9-4-2-3-5-11(9)17-12(13)7-8;1-2/h2-7,15-16H,1H3;1-2H3. The van der Waals surface area contributed by atoms with Crippen molar-refractivity contribution in [3.8, 4) is 0 Å².